The van der Waals surface area contributed by atoms with Crippen molar-refractivity contribution in [2.75, 3.05) is 20.0 Å². The number of fused-ring (bicyclic) bond motifs is 2. The zero-order valence-electron chi connectivity index (χ0n) is 14.5. The molecule has 8 heteroatoms. The van der Waals surface area contributed by atoms with Crippen molar-refractivity contribution in [2.24, 2.45) is 16.6 Å². The Morgan fingerprint density at radius 3 is 2.50 bits per heavy atom. The molecular formula is C18H19N4O4+. The fraction of sp³-hybridized carbons (Fsp3) is 0.500. The van der Waals surface area contributed by atoms with Crippen LogP contribution in [0, 0.1) is 33.5 Å². The van der Waals surface area contributed by atoms with E-state index in [0.29, 0.717) is 24.7 Å². The lowest BCUT2D eigenvalue weighted by Crippen LogP contribution is -2.91. The molecule has 0 amide bonds. The summed E-state index contributed by atoms with van der Waals surface area (Å²) in [5.41, 5.74) is 4.42. The number of nitriles is 2. The predicted molar refractivity (Wildman–Crippen MR) is 87.5 cm³/mol. The topological polar surface area (TPSA) is 124 Å². The Morgan fingerprint density at radius 2 is 1.88 bits per heavy atom. The van der Waals surface area contributed by atoms with Crippen LogP contribution < -0.4 is 20.2 Å². The molecule has 1 aromatic rings. The molecule has 1 saturated carbocycles. The third-order valence-electron chi connectivity index (χ3n) is 5.43. The summed E-state index contributed by atoms with van der Waals surface area (Å²) in [6.45, 7) is 4.33. The molecule has 134 valence electrons. The average Bonchev–Trinajstić information content (AvgIpc) is 2.88. The standard InChI is InChI=1S/C18H18N4O4/c1-3-25-18(26-4-2)17(9-20)14(16(17,8-19)15(21)22-18)11-5-6-12-13(7-11)24-10-23-12/h5-7,14H,3-4,10H2,1-2H3,(H2,21,22)/p+1/t14-,16+,17+/m0/s1. The van der Waals surface area contributed by atoms with Crippen LogP contribution in [0.5, 0.6) is 11.5 Å². The van der Waals surface area contributed by atoms with Gasteiger partial charge in [-0.2, -0.15) is 10.5 Å². The molecule has 3 aliphatic rings. The van der Waals surface area contributed by atoms with E-state index >= 15 is 0 Å². The predicted octanol–water partition coefficient (Wildman–Crippen LogP) is -0.289. The fourth-order valence-corrected chi connectivity index (χ4v) is 4.45. The second-order valence-electron chi connectivity index (χ2n) is 6.41. The number of nitrogens with one attached hydrogen (secondary N) is 1. The summed E-state index contributed by atoms with van der Waals surface area (Å²) in [6, 6.07) is 9.96. The molecule has 0 spiro atoms. The first-order valence-corrected chi connectivity index (χ1v) is 8.48. The van der Waals surface area contributed by atoms with Gasteiger partial charge in [0.2, 0.25) is 6.79 Å². The maximum atomic E-state index is 10.2. The van der Waals surface area contributed by atoms with Gasteiger partial charge in [0.05, 0.1) is 25.4 Å². The maximum Gasteiger partial charge on any atom is 0.343 e. The highest BCUT2D eigenvalue weighted by Gasteiger charge is 2.97. The Hall–Kier alpha value is -2.81. The molecule has 1 aliphatic carbocycles. The second kappa shape index (κ2) is 5.34. The Kier molecular flexibility index (Phi) is 3.42. The van der Waals surface area contributed by atoms with Crippen molar-refractivity contribution in [3.05, 3.63) is 23.8 Å². The van der Waals surface area contributed by atoms with Gasteiger partial charge < -0.3 is 18.9 Å². The highest BCUT2D eigenvalue weighted by molar-refractivity contribution is 5.95. The van der Waals surface area contributed by atoms with Crippen LogP contribution in [0.4, 0.5) is 0 Å². The SMILES string of the molecule is CCOC1(OCC)[NH+]=C(N)[C@@]2(C#N)[C@H](c3ccc4c(c3)OCO4)[C@@]12C#N. The third-order valence-corrected chi connectivity index (χ3v) is 5.43. The summed E-state index contributed by atoms with van der Waals surface area (Å²) < 4.78 is 22.5. The third kappa shape index (κ3) is 1.61. The summed E-state index contributed by atoms with van der Waals surface area (Å²) in [5.74, 6) is -0.595. The zero-order chi connectivity index (χ0) is 18.6. The van der Waals surface area contributed by atoms with Crippen LogP contribution in [-0.2, 0) is 9.47 Å². The van der Waals surface area contributed by atoms with E-state index in [9.17, 15) is 10.5 Å². The molecular weight excluding hydrogens is 336 g/mol. The van der Waals surface area contributed by atoms with Crippen LogP contribution in [0.2, 0.25) is 0 Å². The van der Waals surface area contributed by atoms with Gasteiger partial charge in [0.25, 0.3) is 5.84 Å². The molecule has 26 heavy (non-hydrogen) atoms. The lowest BCUT2D eigenvalue weighted by molar-refractivity contribution is -0.693. The second-order valence-corrected chi connectivity index (χ2v) is 6.41. The lowest BCUT2D eigenvalue weighted by atomic mass is 9.93. The van der Waals surface area contributed by atoms with Crippen LogP contribution in [0.3, 0.4) is 0 Å². The number of ether oxygens (including phenoxy) is 4. The summed E-state index contributed by atoms with van der Waals surface area (Å²) >= 11 is 0. The van der Waals surface area contributed by atoms with Gasteiger partial charge in [-0.15, -0.1) is 0 Å². The van der Waals surface area contributed by atoms with E-state index in [4.69, 9.17) is 24.7 Å². The van der Waals surface area contributed by atoms with E-state index in [1.165, 1.54) is 0 Å². The number of amidine groups is 1. The average molecular weight is 355 g/mol. The van der Waals surface area contributed by atoms with E-state index in [0.717, 1.165) is 5.56 Å². The highest BCUT2D eigenvalue weighted by atomic mass is 16.7. The highest BCUT2D eigenvalue weighted by Crippen LogP contribution is 2.78. The molecule has 0 unspecified atom stereocenters. The van der Waals surface area contributed by atoms with Crippen LogP contribution in [-0.4, -0.2) is 31.8 Å². The van der Waals surface area contributed by atoms with Crippen LogP contribution in [0.25, 0.3) is 0 Å². The maximum absolute atomic E-state index is 10.2. The number of benzene rings is 1. The lowest BCUT2D eigenvalue weighted by Gasteiger charge is -2.29. The minimum atomic E-state index is -1.48. The minimum Gasteiger partial charge on any atom is -0.454 e. The number of hydrogen-bond acceptors (Lipinski definition) is 7. The summed E-state index contributed by atoms with van der Waals surface area (Å²) in [4.78, 5) is 2.95. The van der Waals surface area contributed by atoms with Gasteiger partial charge in [-0.1, -0.05) is 6.07 Å². The largest absolute Gasteiger partial charge is 0.454 e. The van der Waals surface area contributed by atoms with E-state index in [2.05, 4.69) is 17.1 Å². The van der Waals surface area contributed by atoms with Gasteiger partial charge in [0.15, 0.2) is 22.3 Å². The normalized spacial score (nSPS) is 32.3. The van der Waals surface area contributed by atoms with E-state index in [1.807, 2.05) is 6.07 Å². The first-order chi connectivity index (χ1) is 12.6. The Morgan fingerprint density at radius 1 is 1.19 bits per heavy atom. The van der Waals surface area contributed by atoms with Gasteiger partial charge in [-0.05, 0) is 31.5 Å². The van der Waals surface area contributed by atoms with E-state index < -0.39 is 22.7 Å². The smallest absolute Gasteiger partial charge is 0.343 e. The number of rotatable bonds is 5. The summed E-state index contributed by atoms with van der Waals surface area (Å²) in [5, 5.41) is 20.2. The minimum absolute atomic E-state index is 0.147. The Bertz CT molecular complexity index is 880. The number of hydrogen-bond donors (Lipinski definition) is 2. The monoisotopic (exact) mass is 355 g/mol. The molecule has 1 fully saturated rings. The summed E-state index contributed by atoms with van der Waals surface area (Å²) in [6.07, 6.45) is 0. The first-order valence-electron chi connectivity index (χ1n) is 8.48. The zero-order valence-corrected chi connectivity index (χ0v) is 14.5. The first kappa shape index (κ1) is 16.6. The molecule has 1 aromatic carbocycles. The van der Waals surface area contributed by atoms with E-state index in [-0.39, 0.29) is 12.6 Å². The molecule has 0 saturated heterocycles. The van der Waals surface area contributed by atoms with Crippen molar-refractivity contribution >= 4 is 5.84 Å². The molecule has 0 radical (unpaired) electrons. The van der Waals surface area contributed by atoms with Gasteiger partial charge >= 0.3 is 5.91 Å². The van der Waals surface area contributed by atoms with Gasteiger partial charge in [-0.25, -0.2) is 4.99 Å². The molecule has 3 atom stereocenters. The molecule has 0 bridgehead atoms. The fourth-order valence-electron chi connectivity index (χ4n) is 4.45. The van der Waals surface area contributed by atoms with Gasteiger partial charge in [0, 0.05) is 5.92 Å². The molecule has 2 aliphatic heterocycles. The van der Waals surface area contributed by atoms with Gasteiger partial charge in [-0.3, -0.25) is 5.73 Å². The van der Waals surface area contributed by atoms with Gasteiger partial charge in [0.1, 0.15) is 0 Å². The summed E-state index contributed by atoms with van der Waals surface area (Å²) in [7, 11) is 0. The van der Waals surface area contributed by atoms with Crippen molar-refractivity contribution in [3.63, 3.8) is 0 Å². The van der Waals surface area contributed by atoms with Crippen molar-refractivity contribution in [2.45, 2.75) is 25.7 Å². The Labute approximate surface area is 150 Å². The molecule has 4 rings (SSSR count). The molecule has 3 N–H and O–H groups in total. The van der Waals surface area contributed by atoms with Crippen molar-refractivity contribution < 1.29 is 23.9 Å². The molecule has 0 aromatic heterocycles. The van der Waals surface area contributed by atoms with E-state index in [1.54, 1.807) is 26.0 Å². The van der Waals surface area contributed by atoms with Crippen molar-refractivity contribution in [1.82, 2.24) is 0 Å². The number of nitrogens with zero attached hydrogens (tertiary/aromatic N) is 2. The van der Waals surface area contributed by atoms with Crippen molar-refractivity contribution in [1.29, 1.82) is 10.5 Å². The van der Waals surface area contributed by atoms with Crippen LogP contribution in [0.1, 0.15) is 25.3 Å². The number of nitrogens with two attached hydrogens (primary N) is 1. The van der Waals surface area contributed by atoms with Crippen LogP contribution in [0.15, 0.2) is 18.2 Å². The molecule has 2 heterocycles. The molecule has 8 nitrogen and oxygen atoms in total. The van der Waals surface area contributed by atoms with Crippen LogP contribution >= 0.6 is 0 Å². The quantitative estimate of drug-likeness (QED) is 0.695. The Balaban J connectivity index is 1.89. The van der Waals surface area contributed by atoms with Crippen molar-refractivity contribution in [3.8, 4) is 23.6 Å².